The summed E-state index contributed by atoms with van der Waals surface area (Å²) in [7, 11) is -0.560. The van der Waals surface area contributed by atoms with Gasteiger partial charge in [0.05, 0.1) is 10.8 Å². The molecule has 1 amide bonds. The fourth-order valence-electron chi connectivity index (χ4n) is 2.70. The Morgan fingerprint density at radius 3 is 2.45 bits per heavy atom. The lowest BCUT2D eigenvalue weighted by molar-refractivity contribution is -0.116. The fourth-order valence-corrected chi connectivity index (χ4v) is 3.63. The summed E-state index contributed by atoms with van der Waals surface area (Å²) in [6.07, 6.45) is 1.77. The number of hydrogen-bond donors (Lipinski definition) is 2. The van der Waals surface area contributed by atoms with E-state index in [1.165, 1.54) is 20.2 Å². The molecule has 1 aliphatic rings. The number of hydrogen-bond acceptors (Lipinski definition) is 3. The van der Waals surface area contributed by atoms with Crippen molar-refractivity contribution < 1.29 is 13.2 Å². The molecule has 2 heterocycles. The van der Waals surface area contributed by atoms with Crippen molar-refractivity contribution in [2.45, 2.75) is 17.7 Å². The molecule has 1 aliphatic heterocycles. The monoisotopic (exact) mass is 319 g/mol. The van der Waals surface area contributed by atoms with Gasteiger partial charge in [0.1, 0.15) is 0 Å². The highest BCUT2D eigenvalue weighted by molar-refractivity contribution is 7.89. The van der Waals surface area contributed by atoms with E-state index in [0.717, 1.165) is 15.6 Å². The Hall–Kier alpha value is -2.12. The lowest BCUT2D eigenvalue weighted by Crippen LogP contribution is -2.22. The second-order valence-corrected chi connectivity index (χ2v) is 7.67. The van der Waals surface area contributed by atoms with E-state index in [2.05, 4.69) is 10.3 Å². The Labute approximate surface area is 129 Å². The normalized spacial score (nSPS) is 17.6. The van der Waals surface area contributed by atoms with Crippen molar-refractivity contribution >= 4 is 21.6 Å². The Balaban J connectivity index is 2.15. The predicted octanol–water partition coefficient (Wildman–Crippen LogP) is 1.66. The standard InChI is InChI=1S/C15H17N3O3S/c1-9-11(6-7-16-9)14-12-8-10(22(20,21)18(2)3)4-5-13(12)17-15(14)19/h4-8,14,16H,1-3H3,(H,17,19). The summed E-state index contributed by atoms with van der Waals surface area (Å²) in [5.74, 6) is -0.629. The number of anilines is 1. The summed E-state index contributed by atoms with van der Waals surface area (Å²) < 4.78 is 25.7. The largest absolute Gasteiger partial charge is 0.365 e. The van der Waals surface area contributed by atoms with Gasteiger partial charge in [-0.15, -0.1) is 0 Å². The lowest BCUT2D eigenvalue weighted by atomic mass is 9.93. The fraction of sp³-hybridized carbons (Fsp3) is 0.267. The highest BCUT2D eigenvalue weighted by Crippen LogP contribution is 2.39. The number of benzene rings is 1. The maximum Gasteiger partial charge on any atom is 0.242 e. The SMILES string of the molecule is Cc1[nH]ccc1C1C(=O)Nc2ccc(S(=O)(=O)N(C)C)cc21. The minimum absolute atomic E-state index is 0.142. The number of nitrogens with one attached hydrogen (secondary N) is 2. The highest BCUT2D eigenvalue weighted by atomic mass is 32.2. The quantitative estimate of drug-likeness (QED) is 0.902. The minimum Gasteiger partial charge on any atom is -0.365 e. The summed E-state index contributed by atoms with van der Waals surface area (Å²) in [6.45, 7) is 1.89. The molecule has 2 aromatic rings. The topological polar surface area (TPSA) is 82.3 Å². The molecule has 0 bridgehead atoms. The second-order valence-electron chi connectivity index (χ2n) is 5.52. The number of nitrogens with zero attached hydrogens (tertiary/aromatic N) is 1. The molecule has 6 nitrogen and oxygen atoms in total. The first-order chi connectivity index (χ1) is 10.3. The summed E-state index contributed by atoms with van der Waals surface area (Å²) in [6, 6.07) is 6.59. The van der Waals surface area contributed by atoms with Crippen LogP contribution >= 0.6 is 0 Å². The third kappa shape index (κ3) is 2.13. The van der Waals surface area contributed by atoms with Gasteiger partial charge in [-0.25, -0.2) is 12.7 Å². The van der Waals surface area contributed by atoms with Crippen LogP contribution in [0.15, 0.2) is 35.4 Å². The number of fused-ring (bicyclic) bond motifs is 1. The number of sulfonamides is 1. The van der Waals surface area contributed by atoms with E-state index < -0.39 is 15.9 Å². The number of H-pyrrole nitrogens is 1. The lowest BCUT2D eigenvalue weighted by Gasteiger charge is -2.14. The highest BCUT2D eigenvalue weighted by Gasteiger charge is 2.34. The molecule has 1 aromatic carbocycles. The van der Waals surface area contributed by atoms with Gasteiger partial charge >= 0.3 is 0 Å². The van der Waals surface area contributed by atoms with Crippen LogP contribution in [0.3, 0.4) is 0 Å². The zero-order chi connectivity index (χ0) is 16.1. The Morgan fingerprint density at radius 2 is 1.86 bits per heavy atom. The van der Waals surface area contributed by atoms with Crippen LogP contribution in [0.2, 0.25) is 0 Å². The molecule has 22 heavy (non-hydrogen) atoms. The molecule has 3 rings (SSSR count). The average molecular weight is 319 g/mol. The molecular weight excluding hydrogens is 302 g/mol. The van der Waals surface area contributed by atoms with Crippen LogP contribution in [0.1, 0.15) is 22.7 Å². The number of carbonyl (C=O) groups is 1. The molecule has 1 aromatic heterocycles. The van der Waals surface area contributed by atoms with E-state index in [1.807, 2.05) is 13.0 Å². The number of rotatable bonds is 3. The van der Waals surface area contributed by atoms with Gasteiger partial charge in [0, 0.05) is 31.7 Å². The molecule has 116 valence electrons. The van der Waals surface area contributed by atoms with Gasteiger partial charge in [0.15, 0.2) is 0 Å². The predicted molar refractivity (Wildman–Crippen MR) is 83.3 cm³/mol. The number of aryl methyl sites for hydroxylation is 1. The van der Waals surface area contributed by atoms with Crippen molar-refractivity contribution in [2.24, 2.45) is 0 Å². The molecular formula is C15H17N3O3S. The van der Waals surface area contributed by atoms with Gasteiger partial charge in [0.2, 0.25) is 15.9 Å². The molecule has 0 radical (unpaired) electrons. The molecule has 0 saturated carbocycles. The number of carbonyl (C=O) groups excluding carboxylic acids is 1. The zero-order valence-corrected chi connectivity index (χ0v) is 13.4. The summed E-state index contributed by atoms with van der Waals surface area (Å²) in [5.41, 5.74) is 3.11. The van der Waals surface area contributed by atoms with Crippen LogP contribution in [0.4, 0.5) is 5.69 Å². The first-order valence-corrected chi connectivity index (χ1v) is 8.27. The van der Waals surface area contributed by atoms with Crippen LogP contribution in [0, 0.1) is 6.92 Å². The zero-order valence-electron chi connectivity index (χ0n) is 12.5. The molecule has 0 saturated heterocycles. The van der Waals surface area contributed by atoms with Crippen LogP contribution in [0.25, 0.3) is 0 Å². The molecule has 0 spiro atoms. The number of aromatic nitrogens is 1. The summed E-state index contributed by atoms with van der Waals surface area (Å²) in [4.78, 5) is 15.5. The number of aromatic amines is 1. The van der Waals surface area contributed by atoms with Crippen LogP contribution < -0.4 is 5.32 Å². The van der Waals surface area contributed by atoms with Crippen molar-refractivity contribution in [3.8, 4) is 0 Å². The number of amides is 1. The van der Waals surface area contributed by atoms with Gasteiger partial charge in [-0.05, 0) is 42.3 Å². The maximum absolute atomic E-state index is 12.3. The Kier molecular flexibility index (Phi) is 3.34. The Bertz CT molecular complexity index is 853. The second kappa shape index (κ2) is 4.96. The van der Waals surface area contributed by atoms with Gasteiger partial charge in [-0.1, -0.05) is 0 Å². The van der Waals surface area contributed by atoms with E-state index >= 15 is 0 Å². The van der Waals surface area contributed by atoms with E-state index in [4.69, 9.17) is 0 Å². The van der Waals surface area contributed by atoms with Crippen LogP contribution in [-0.2, 0) is 14.8 Å². The molecule has 1 atom stereocenters. The van der Waals surface area contributed by atoms with E-state index in [0.29, 0.717) is 11.3 Å². The van der Waals surface area contributed by atoms with Crippen molar-refractivity contribution in [3.63, 3.8) is 0 Å². The molecule has 1 unspecified atom stereocenters. The molecule has 2 N–H and O–H groups in total. The molecule has 7 heteroatoms. The van der Waals surface area contributed by atoms with Gasteiger partial charge < -0.3 is 10.3 Å². The molecule has 0 fully saturated rings. The van der Waals surface area contributed by atoms with E-state index in [9.17, 15) is 13.2 Å². The van der Waals surface area contributed by atoms with Gasteiger partial charge in [-0.3, -0.25) is 4.79 Å². The maximum atomic E-state index is 12.3. The third-order valence-electron chi connectivity index (χ3n) is 3.94. The van der Waals surface area contributed by atoms with Gasteiger partial charge in [-0.2, -0.15) is 0 Å². The Morgan fingerprint density at radius 1 is 1.14 bits per heavy atom. The minimum atomic E-state index is -3.53. The van der Waals surface area contributed by atoms with Crippen molar-refractivity contribution in [1.82, 2.24) is 9.29 Å². The van der Waals surface area contributed by atoms with Crippen LogP contribution in [-0.4, -0.2) is 37.7 Å². The average Bonchev–Trinajstić information content (AvgIpc) is 2.99. The van der Waals surface area contributed by atoms with Crippen molar-refractivity contribution in [3.05, 3.63) is 47.3 Å². The molecule has 0 aliphatic carbocycles. The van der Waals surface area contributed by atoms with Crippen molar-refractivity contribution in [2.75, 3.05) is 19.4 Å². The first-order valence-electron chi connectivity index (χ1n) is 6.83. The first kappa shape index (κ1) is 14.8. The third-order valence-corrected chi connectivity index (χ3v) is 5.75. The van der Waals surface area contributed by atoms with Crippen molar-refractivity contribution in [1.29, 1.82) is 0 Å². The summed E-state index contributed by atoms with van der Waals surface area (Å²) in [5, 5.41) is 2.81. The smallest absolute Gasteiger partial charge is 0.242 e. The summed E-state index contributed by atoms with van der Waals surface area (Å²) >= 11 is 0. The van der Waals surface area contributed by atoms with E-state index in [-0.39, 0.29) is 10.8 Å². The van der Waals surface area contributed by atoms with E-state index in [1.54, 1.807) is 18.3 Å². The van der Waals surface area contributed by atoms with Crippen LogP contribution in [0.5, 0.6) is 0 Å². The van der Waals surface area contributed by atoms with Gasteiger partial charge in [0.25, 0.3) is 0 Å².